The fourth-order valence-electron chi connectivity index (χ4n) is 6.25. The van der Waals surface area contributed by atoms with E-state index in [-0.39, 0.29) is 19.3 Å². The van der Waals surface area contributed by atoms with Crippen molar-refractivity contribution in [3.05, 3.63) is 97.2 Å². The molecule has 15 heteroatoms. The molecule has 4 unspecified atom stereocenters. The predicted octanol–water partition coefficient (Wildman–Crippen LogP) is 8.02. The number of aliphatic hydroxyl groups is 6. The van der Waals surface area contributed by atoms with E-state index in [2.05, 4.69) is 80.7 Å². The van der Waals surface area contributed by atoms with E-state index in [1.807, 2.05) is 12.2 Å². The number of carbonyl (C=O) groups is 2. The summed E-state index contributed by atoms with van der Waals surface area (Å²) in [5.41, 5.74) is 0. The van der Waals surface area contributed by atoms with Crippen molar-refractivity contribution in [3.8, 4) is 0 Å². The van der Waals surface area contributed by atoms with Gasteiger partial charge in [0.25, 0.3) is 0 Å². The molecule has 0 radical (unpaired) electrons. The second-order valence-electron chi connectivity index (χ2n) is 15.7. The summed E-state index contributed by atoms with van der Waals surface area (Å²) in [5.74, 6) is -1.41. The molecule has 0 amide bonds. The Hall–Kier alpha value is -3.27. The summed E-state index contributed by atoms with van der Waals surface area (Å²) in [4.78, 5) is 35.7. The van der Waals surface area contributed by atoms with Crippen LogP contribution in [-0.2, 0) is 32.7 Å². The van der Waals surface area contributed by atoms with Gasteiger partial charge in [0.15, 0.2) is 6.10 Å². The molecule has 1 aliphatic carbocycles. The summed E-state index contributed by atoms with van der Waals surface area (Å²) in [7, 11) is -5.18. The van der Waals surface area contributed by atoms with Crippen LogP contribution in [0.5, 0.6) is 0 Å². The van der Waals surface area contributed by atoms with Crippen molar-refractivity contribution in [2.24, 2.45) is 0 Å². The van der Waals surface area contributed by atoms with Gasteiger partial charge in [-0.05, 0) is 77.0 Å². The van der Waals surface area contributed by atoms with Crippen LogP contribution in [0.2, 0.25) is 0 Å². The Kier molecular flexibility index (Phi) is 34.8. The first kappa shape index (κ1) is 58.7. The molecule has 0 aromatic heterocycles. The van der Waals surface area contributed by atoms with Crippen LogP contribution in [0.4, 0.5) is 0 Å². The third-order valence-electron chi connectivity index (χ3n) is 10.0. The molecule has 1 aliphatic rings. The maximum absolute atomic E-state index is 12.8. The van der Waals surface area contributed by atoms with Gasteiger partial charge in [-0.2, -0.15) is 0 Å². The van der Waals surface area contributed by atoms with Crippen molar-refractivity contribution in [2.75, 3.05) is 13.2 Å². The molecule has 14 nitrogen and oxygen atoms in total. The van der Waals surface area contributed by atoms with Gasteiger partial charge in [0.05, 0.1) is 12.7 Å². The maximum Gasteiger partial charge on any atom is 0.472 e. The number of rotatable bonds is 36. The van der Waals surface area contributed by atoms with E-state index in [9.17, 15) is 49.7 Å². The Labute approximate surface area is 382 Å². The third-order valence-corrected chi connectivity index (χ3v) is 11.0. The van der Waals surface area contributed by atoms with Crippen LogP contribution in [0.1, 0.15) is 136 Å². The van der Waals surface area contributed by atoms with Crippen LogP contribution in [-0.4, -0.2) is 110 Å². The lowest BCUT2D eigenvalue weighted by atomic mass is 9.85. The van der Waals surface area contributed by atoms with Gasteiger partial charge in [0.1, 0.15) is 43.2 Å². The molecule has 0 aliphatic heterocycles. The first-order chi connectivity index (χ1) is 30.8. The fraction of sp³-hybridized carbons (Fsp3) is 0.633. The number of hydrogen-bond donors (Lipinski definition) is 7. The zero-order valence-corrected chi connectivity index (χ0v) is 39.0. The highest BCUT2D eigenvalue weighted by Crippen LogP contribution is 2.47. The normalized spacial score (nSPS) is 23.0. The molecule has 64 heavy (non-hydrogen) atoms. The summed E-state index contributed by atoms with van der Waals surface area (Å²) in [6.45, 7) is 2.92. The van der Waals surface area contributed by atoms with Crippen molar-refractivity contribution >= 4 is 19.8 Å². The highest BCUT2D eigenvalue weighted by molar-refractivity contribution is 7.47. The summed E-state index contributed by atoms with van der Waals surface area (Å²) in [6.07, 6.45) is 33.5. The molecule has 1 rings (SSSR count). The number of allylic oxidation sites excluding steroid dienone is 15. The Morgan fingerprint density at radius 2 is 1.08 bits per heavy atom. The Balaban J connectivity index is 2.58. The Bertz CT molecular complexity index is 1500. The van der Waals surface area contributed by atoms with Gasteiger partial charge in [-0.25, -0.2) is 4.57 Å². The molecular weight excluding hydrogens is 843 g/mol. The number of unbranched alkanes of at least 4 members (excludes halogenated alkanes) is 8. The van der Waals surface area contributed by atoms with E-state index in [1.165, 1.54) is 25.3 Å². The van der Waals surface area contributed by atoms with Gasteiger partial charge < -0.3 is 45.0 Å². The summed E-state index contributed by atoms with van der Waals surface area (Å²) in [6, 6.07) is 0. The van der Waals surface area contributed by atoms with Crippen molar-refractivity contribution in [3.63, 3.8) is 0 Å². The summed E-state index contributed by atoms with van der Waals surface area (Å²) in [5, 5.41) is 60.5. The minimum atomic E-state index is -5.18. The minimum Gasteiger partial charge on any atom is -0.462 e. The number of carbonyl (C=O) groups excluding carboxylic acids is 2. The standard InChI is InChI=1S/C49H79O14P/c1-3-5-7-9-11-13-15-17-19-21-22-24-26-28-30-32-34-40(50)36-37-42(51)60-38-41(39-61-64(58,59)63-49-47(56)45(54)44(53)46(55)48(49)57)62-43(52)35-33-31-29-27-25-23-20-18-16-14-12-10-8-6-4-2/h5,7,11-14,17-20,22,24,28,30,32,34,40-41,44-50,53-57H,3-4,6,8-10,15-16,21,23,25-27,29,31,33,35-39H2,1-2H3,(H,58,59)/b7-5-,13-11-,14-12-,19-17-,20-18-,24-22-,30-28-,34-32-/t40?,41-,44?,45-,46+,47-,48-,49?/m1/s1. The van der Waals surface area contributed by atoms with Gasteiger partial charge in [-0.15, -0.1) is 0 Å². The number of hydrogen-bond acceptors (Lipinski definition) is 13. The Morgan fingerprint density at radius 1 is 0.578 bits per heavy atom. The SMILES string of the molecule is CC/C=C\C/C=C\C/C=C\C/C=C\C/C=C\C=C/C(O)CCC(=O)OC[C@H](COP(=O)(O)OC1[C@H](O)[C@H](O)C(O)[C@H](O)[C@H]1O)OC(=O)CCCCCCC/C=C\C/C=C\CCCCC. The first-order valence-corrected chi connectivity index (χ1v) is 24.6. The van der Waals surface area contributed by atoms with E-state index >= 15 is 0 Å². The van der Waals surface area contributed by atoms with Crippen molar-refractivity contribution in [1.82, 2.24) is 0 Å². The molecule has 0 aromatic carbocycles. The number of ether oxygens (including phenoxy) is 2. The highest BCUT2D eigenvalue weighted by Gasteiger charge is 2.51. The van der Waals surface area contributed by atoms with Gasteiger partial charge in [-0.3, -0.25) is 18.6 Å². The molecule has 0 bridgehead atoms. The van der Waals surface area contributed by atoms with E-state index in [1.54, 1.807) is 12.2 Å². The number of phosphoric acid groups is 1. The molecule has 0 heterocycles. The van der Waals surface area contributed by atoms with Gasteiger partial charge >= 0.3 is 19.8 Å². The van der Waals surface area contributed by atoms with Crippen molar-refractivity contribution in [2.45, 2.75) is 185 Å². The van der Waals surface area contributed by atoms with Gasteiger partial charge in [0, 0.05) is 12.8 Å². The van der Waals surface area contributed by atoms with Crippen molar-refractivity contribution in [1.29, 1.82) is 0 Å². The van der Waals surface area contributed by atoms with Crippen LogP contribution in [0.25, 0.3) is 0 Å². The van der Waals surface area contributed by atoms with Gasteiger partial charge in [-0.1, -0.05) is 143 Å². The zero-order valence-electron chi connectivity index (χ0n) is 38.1. The second kappa shape index (κ2) is 37.9. The van der Waals surface area contributed by atoms with Crippen LogP contribution >= 0.6 is 7.82 Å². The smallest absolute Gasteiger partial charge is 0.462 e. The average molecular weight is 923 g/mol. The molecule has 1 saturated carbocycles. The number of phosphoric ester groups is 1. The first-order valence-electron chi connectivity index (χ1n) is 23.1. The largest absolute Gasteiger partial charge is 0.472 e. The topological polar surface area (TPSA) is 230 Å². The Morgan fingerprint density at radius 3 is 1.66 bits per heavy atom. The number of esters is 2. The quantitative estimate of drug-likeness (QED) is 0.0104. The monoisotopic (exact) mass is 923 g/mol. The molecule has 7 N–H and O–H groups in total. The lowest BCUT2D eigenvalue weighted by Gasteiger charge is -2.41. The zero-order chi connectivity index (χ0) is 47.3. The maximum atomic E-state index is 12.8. The van der Waals surface area contributed by atoms with Crippen molar-refractivity contribution < 1.29 is 68.2 Å². The summed E-state index contributed by atoms with van der Waals surface area (Å²) < 4.78 is 33.3. The van der Waals surface area contributed by atoms with Crippen LogP contribution in [0, 0.1) is 0 Å². The lowest BCUT2D eigenvalue weighted by Crippen LogP contribution is -2.64. The molecule has 364 valence electrons. The fourth-order valence-corrected chi connectivity index (χ4v) is 7.22. The van der Waals surface area contributed by atoms with Crippen LogP contribution < -0.4 is 0 Å². The van der Waals surface area contributed by atoms with Gasteiger partial charge in [0.2, 0.25) is 0 Å². The number of aliphatic hydroxyl groups excluding tert-OH is 6. The molecule has 0 aromatic rings. The molecular formula is C49H79O14P. The average Bonchev–Trinajstić information content (AvgIpc) is 3.27. The van der Waals surface area contributed by atoms with Crippen LogP contribution in [0.15, 0.2) is 97.2 Å². The van der Waals surface area contributed by atoms with E-state index in [0.29, 0.717) is 12.8 Å². The van der Waals surface area contributed by atoms with Crippen LogP contribution in [0.3, 0.4) is 0 Å². The second-order valence-corrected chi connectivity index (χ2v) is 17.1. The highest BCUT2D eigenvalue weighted by atomic mass is 31.2. The van der Waals surface area contributed by atoms with E-state index < -0.39 is 81.8 Å². The molecule has 0 spiro atoms. The van der Waals surface area contributed by atoms with E-state index in [0.717, 1.165) is 70.6 Å². The lowest BCUT2D eigenvalue weighted by molar-refractivity contribution is -0.220. The minimum absolute atomic E-state index is 0.0250. The molecule has 9 atom stereocenters. The third kappa shape index (κ3) is 30.0. The molecule has 1 fully saturated rings. The molecule has 0 saturated heterocycles. The van der Waals surface area contributed by atoms with E-state index in [4.69, 9.17) is 18.5 Å². The predicted molar refractivity (Wildman–Crippen MR) is 250 cm³/mol. The summed E-state index contributed by atoms with van der Waals surface area (Å²) >= 11 is 0.